The van der Waals surface area contributed by atoms with Crippen molar-refractivity contribution < 1.29 is 33.3 Å². The topological polar surface area (TPSA) is 88.1 Å². The van der Waals surface area contributed by atoms with Crippen LogP contribution in [0.1, 0.15) is 17.3 Å². The van der Waals surface area contributed by atoms with Crippen molar-refractivity contribution in [2.45, 2.75) is 13.0 Å². The Balaban J connectivity index is 2.10. The third-order valence-electron chi connectivity index (χ3n) is 3.60. The number of Topliss-reactive ketones (excluding diaryl/α,β-unsaturated/α-hetero) is 1. The van der Waals surface area contributed by atoms with Gasteiger partial charge in [0.15, 0.2) is 11.9 Å². The number of methoxy groups -OCH3 is 1. The van der Waals surface area contributed by atoms with Gasteiger partial charge in [-0.3, -0.25) is 4.79 Å². The number of ether oxygens (including phenoxy) is 4. The summed E-state index contributed by atoms with van der Waals surface area (Å²) in [5.74, 6) is -2.03. The minimum atomic E-state index is -1.09. The Bertz CT molecular complexity index is 788. The molecule has 0 bridgehead atoms. The standard InChI is InChI=1S/C17H14O7/c1-3-22-17(20)15-12(16(19)21-2)14-10(8-23-15)13(18)9-6-4-5-7-11(9)24-14/h4-8,14H,3H2,1-2H3. The second kappa shape index (κ2) is 6.19. The van der Waals surface area contributed by atoms with Crippen molar-refractivity contribution in [2.24, 2.45) is 0 Å². The molecule has 0 spiro atoms. The molecule has 0 saturated heterocycles. The van der Waals surface area contributed by atoms with E-state index in [-0.39, 0.29) is 29.3 Å². The van der Waals surface area contributed by atoms with Crippen LogP contribution >= 0.6 is 0 Å². The number of fused-ring (bicyclic) bond motifs is 2. The molecular formula is C17H14O7. The summed E-state index contributed by atoms with van der Waals surface area (Å²) < 4.78 is 20.6. The number of ketones is 1. The van der Waals surface area contributed by atoms with E-state index in [4.69, 9.17) is 18.9 Å². The average Bonchev–Trinajstić information content (AvgIpc) is 2.60. The van der Waals surface area contributed by atoms with E-state index in [9.17, 15) is 14.4 Å². The first kappa shape index (κ1) is 15.8. The quantitative estimate of drug-likeness (QED) is 0.777. The second-order valence-electron chi connectivity index (χ2n) is 4.97. The minimum absolute atomic E-state index is 0.101. The highest BCUT2D eigenvalue weighted by atomic mass is 16.6. The molecule has 0 amide bonds. The highest BCUT2D eigenvalue weighted by molar-refractivity contribution is 6.14. The Morgan fingerprint density at radius 1 is 1.21 bits per heavy atom. The lowest BCUT2D eigenvalue weighted by Gasteiger charge is -2.31. The number of carbonyl (C=O) groups excluding carboxylic acids is 3. The van der Waals surface area contributed by atoms with Gasteiger partial charge in [0.05, 0.1) is 24.9 Å². The van der Waals surface area contributed by atoms with Gasteiger partial charge < -0.3 is 18.9 Å². The lowest BCUT2D eigenvalue weighted by molar-refractivity contribution is -0.144. The van der Waals surface area contributed by atoms with E-state index in [1.54, 1.807) is 31.2 Å². The first-order valence-corrected chi connectivity index (χ1v) is 7.25. The summed E-state index contributed by atoms with van der Waals surface area (Å²) in [5.41, 5.74) is 0.269. The van der Waals surface area contributed by atoms with Gasteiger partial charge in [-0.05, 0) is 19.1 Å². The minimum Gasteiger partial charge on any atom is -0.480 e. The van der Waals surface area contributed by atoms with Crippen LogP contribution in [-0.4, -0.2) is 37.5 Å². The molecular weight excluding hydrogens is 316 g/mol. The third kappa shape index (κ3) is 2.44. The zero-order valence-electron chi connectivity index (χ0n) is 13.0. The fourth-order valence-corrected chi connectivity index (χ4v) is 2.52. The molecule has 2 heterocycles. The molecule has 1 atom stereocenters. The van der Waals surface area contributed by atoms with Crippen molar-refractivity contribution in [3.63, 3.8) is 0 Å². The fourth-order valence-electron chi connectivity index (χ4n) is 2.52. The predicted molar refractivity (Wildman–Crippen MR) is 80.0 cm³/mol. The molecule has 0 radical (unpaired) electrons. The Morgan fingerprint density at radius 3 is 2.67 bits per heavy atom. The van der Waals surface area contributed by atoms with Crippen LogP contribution in [0.2, 0.25) is 0 Å². The van der Waals surface area contributed by atoms with Crippen LogP contribution in [0.3, 0.4) is 0 Å². The number of benzene rings is 1. The largest absolute Gasteiger partial charge is 0.480 e. The predicted octanol–water partition coefficient (Wildman–Crippen LogP) is 1.53. The Morgan fingerprint density at radius 2 is 1.96 bits per heavy atom. The summed E-state index contributed by atoms with van der Waals surface area (Å²) in [6.07, 6.45) is 0.0229. The van der Waals surface area contributed by atoms with Crippen LogP contribution < -0.4 is 4.74 Å². The zero-order chi connectivity index (χ0) is 17.3. The third-order valence-corrected chi connectivity index (χ3v) is 3.60. The van der Waals surface area contributed by atoms with E-state index in [0.29, 0.717) is 11.3 Å². The normalized spacial score (nSPS) is 18.5. The molecule has 7 heteroatoms. The summed E-state index contributed by atoms with van der Waals surface area (Å²) in [6, 6.07) is 6.62. The maximum absolute atomic E-state index is 12.6. The van der Waals surface area contributed by atoms with Gasteiger partial charge in [0, 0.05) is 0 Å². The van der Waals surface area contributed by atoms with Crippen molar-refractivity contribution in [2.75, 3.05) is 13.7 Å². The number of esters is 2. The van der Waals surface area contributed by atoms with Crippen LogP contribution in [0.4, 0.5) is 0 Å². The van der Waals surface area contributed by atoms with E-state index in [0.717, 1.165) is 13.4 Å². The number of para-hydroxylation sites is 1. The zero-order valence-corrected chi connectivity index (χ0v) is 13.0. The van der Waals surface area contributed by atoms with Gasteiger partial charge in [-0.2, -0.15) is 0 Å². The average molecular weight is 330 g/mol. The van der Waals surface area contributed by atoms with Crippen molar-refractivity contribution in [3.8, 4) is 5.75 Å². The molecule has 2 aliphatic rings. The van der Waals surface area contributed by atoms with E-state index >= 15 is 0 Å². The van der Waals surface area contributed by atoms with E-state index in [1.165, 1.54) is 0 Å². The second-order valence-corrected chi connectivity index (χ2v) is 4.97. The molecule has 0 aliphatic carbocycles. The lowest BCUT2D eigenvalue weighted by Crippen LogP contribution is -2.39. The van der Waals surface area contributed by atoms with Crippen LogP contribution in [0.15, 0.2) is 47.4 Å². The van der Waals surface area contributed by atoms with Crippen LogP contribution in [0.5, 0.6) is 5.75 Å². The summed E-state index contributed by atoms with van der Waals surface area (Å²) in [6.45, 7) is 1.72. The van der Waals surface area contributed by atoms with Crippen LogP contribution in [-0.2, 0) is 23.8 Å². The molecule has 3 rings (SSSR count). The Kier molecular flexibility index (Phi) is 4.07. The van der Waals surface area contributed by atoms with Gasteiger partial charge in [0.1, 0.15) is 17.6 Å². The van der Waals surface area contributed by atoms with Crippen molar-refractivity contribution in [1.29, 1.82) is 0 Å². The van der Waals surface area contributed by atoms with Crippen molar-refractivity contribution >= 4 is 17.7 Å². The maximum atomic E-state index is 12.6. The number of hydrogen-bond acceptors (Lipinski definition) is 7. The number of carbonyl (C=O) groups is 3. The van der Waals surface area contributed by atoms with Crippen molar-refractivity contribution in [1.82, 2.24) is 0 Å². The molecule has 24 heavy (non-hydrogen) atoms. The molecule has 1 aromatic carbocycles. The Labute approximate surface area is 137 Å². The maximum Gasteiger partial charge on any atom is 0.374 e. The molecule has 1 aromatic rings. The lowest BCUT2D eigenvalue weighted by atomic mass is 9.90. The molecule has 2 aliphatic heterocycles. The first-order valence-electron chi connectivity index (χ1n) is 7.25. The van der Waals surface area contributed by atoms with E-state index in [2.05, 4.69) is 0 Å². The highest BCUT2D eigenvalue weighted by Gasteiger charge is 2.44. The van der Waals surface area contributed by atoms with Gasteiger partial charge >= 0.3 is 11.9 Å². The van der Waals surface area contributed by atoms with E-state index < -0.39 is 18.0 Å². The van der Waals surface area contributed by atoms with Crippen LogP contribution in [0.25, 0.3) is 0 Å². The summed E-state index contributed by atoms with van der Waals surface area (Å²) in [4.78, 5) is 36.8. The Hall–Kier alpha value is -3.09. The van der Waals surface area contributed by atoms with Gasteiger partial charge in [-0.1, -0.05) is 12.1 Å². The van der Waals surface area contributed by atoms with Crippen LogP contribution in [0, 0.1) is 0 Å². The number of rotatable bonds is 3. The van der Waals surface area contributed by atoms with Gasteiger partial charge in [-0.25, -0.2) is 9.59 Å². The summed E-state index contributed by atoms with van der Waals surface area (Å²) in [5, 5.41) is 0. The fraction of sp³-hybridized carbons (Fsp3) is 0.235. The van der Waals surface area contributed by atoms with Gasteiger partial charge in [0.2, 0.25) is 5.76 Å². The molecule has 1 unspecified atom stereocenters. The molecule has 7 nitrogen and oxygen atoms in total. The molecule has 124 valence electrons. The smallest absolute Gasteiger partial charge is 0.374 e. The summed E-state index contributed by atoms with van der Waals surface area (Å²) >= 11 is 0. The molecule has 0 saturated carbocycles. The number of hydrogen-bond donors (Lipinski definition) is 0. The molecule has 0 N–H and O–H groups in total. The summed E-state index contributed by atoms with van der Waals surface area (Å²) in [7, 11) is 1.16. The monoisotopic (exact) mass is 330 g/mol. The SMILES string of the molecule is CCOC(=O)C1=C(C(=O)OC)C2Oc3ccccc3C(=O)C2=CO1. The first-order chi connectivity index (χ1) is 11.6. The molecule has 0 aromatic heterocycles. The highest BCUT2D eigenvalue weighted by Crippen LogP contribution is 2.37. The van der Waals surface area contributed by atoms with Crippen molar-refractivity contribution in [3.05, 3.63) is 53.0 Å². The van der Waals surface area contributed by atoms with Gasteiger partial charge in [0.25, 0.3) is 0 Å². The van der Waals surface area contributed by atoms with Gasteiger partial charge in [-0.15, -0.1) is 0 Å². The molecule has 0 fully saturated rings. The van der Waals surface area contributed by atoms with E-state index in [1.807, 2.05) is 0 Å².